The fourth-order valence-electron chi connectivity index (χ4n) is 3.06. The van der Waals surface area contributed by atoms with Gasteiger partial charge in [-0.3, -0.25) is 14.4 Å². The van der Waals surface area contributed by atoms with Crippen molar-refractivity contribution in [3.8, 4) is 11.5 Å². The highest BCUT2D eigenvalue weighted by Gasteiger charge is 2.26. The molecule has 0 fully saturated rings. The zero-order valence-electron chi connectivity index (χ0n) is 18.6. The van der Waals surface area contributed by atoms with Crippen molar-refractivity contribution in [1.29, 1.82) is 0 Å². The van der Waals surface area contributed by atoms with Crippen LogP contribution in [0.5, 0.6) is 11.5 Å². The maximum atomic E-state index is 12.9. The molecule has 0 spiro atoms. The van der Waals surface area contributed by atoms with E-state index in [4.69, 9.17) is 33.0 Å². The molecule has 5 N–H and O–H groups in total. The molecule has 1 unspecified atom stereocenters. The van der Waals surface area contributed by atoms with Gasteiger partial charge in [0.15, 0.2) is 11.5 Å². The Balaban J connectivity index is 2.19. The first-order valence-electron chi connectivity index (χ1n) is 10.6. The fourth-order valence-corrected chi connectivity index (χ4v) is 3.62. The zero-order chi connectivity index (χ0) is 25.1. The molecule has 11 heteroatoms. The molecule has 0 heterocycles. The minimum absolute atomic E-state index is 0.0245. The average Bonchev–Trinajstić information content (AvgIpc) is 2.81. The first kappa shape index (κ1) is 27.2. The molecule has 0 aromatic heterocycles. The van der Waals surface area contributed by atoms with E-state index in [0.29, 0.717) is 6.61 Å². The number of hydrogen-bond acceptors (Lipinski definition) is 6. The van der Waals surface area contributed by atoms with Crippen LogP contribution in [0.25, 0.3) is 0 Å². The monoisotopic (exact) mass is 511 g/mol. The highest BCUT2D eigenvalue weighted by atomic mass is 35.5. The van der Waals surface area contributed by atoms with Crippen molar-refractivity contribution in [3.63, 3.8) is 0 Å². The minimum atomic E-state index is -1.23. The van der Waals surface area contributed by atoms with Crippen molar-refractivity contribution in [2.75, 3.05) is 26.7 Å². The number of aromatic hydroxyl groups is 1. The van der Waals surface area contributed by atoms with E-state index in [1.54, 1.807) is 30.3 Å². The third kappa shape index (κ3) is 8.09. The second-order valence-corrected chi connectivity index (χ2v) is 8.17. The van der Waals surface area contributed by atoms with E-state index >= 15 is 0 Å². The molecule has 2 rings (SSSR count). The minimum Gasteiger partial charge on any atom is -0.505 e. The van der Waals surface area contributed by atoms with Crippen molar-refractivity contribution < 1.29 is 29.3 Å². The highest BCUT2D eigenvalue weighted by molar-refractivity contribution is 6.39. The smallest absolute Gasteiger partial charge is 0.322 e. The Bertz CT molecular complexity index is 1000. The molecule has 0 bridgehead atoms. The molecule has 2 aromatic carbocycles. The van der Waals surface area contributed by atoms with Gasteiger partial charge in [0, 0.05) is 6.42 Å². The van der Waals surface area contributed by atoms with Gasteiger partial charge in [-0.05, 0) is 38.1 Å². The second kappa shape index (κ2) is 13.6. The van der Waals surface area contributed by atoms with Gasteiger partial charge in [-0.2, -0.15) is 0 Å². The van der Waals surface area contributed by atoms with E-state index in [2.05, 4.69) is 16.0 Å². The second-order valence-electron chi connectivity index (χ2n) is 7.38. The number of halogens is 2. The van der Waals surface area contributed by atoms with Gasteiger partial charge in [-0.1, -0.05) is 53.5 Å². The van der Waals surface area contributed by atoms with Crippen LogP contribution < -0.4 is 20.7 Å². The van der Waals surface area contributed by atoms with E-state index < -0.39 is 36.1 Å². The fraction of sp³-hybridized carbons (Fsp3) is 0.348. The number of carbonyl (C=O) groups is 3. The van der Waals surface area contributed by atoms with Gasteiger partial charge in [-0.15, -0.1) is 0 Å². The Kier molecular flexibility index (Phi) is 10.9. The summed E-state index contributed by atoms with van der Waals surface area (Å²) in [5.41, 5.74) is 0.488. The van der Waals surface area contributed by atoms with Gasteiger partial charge in [0.1, 0.15) is 17.6 Å². The molecule has 0 saturated heterocycles. The maximum Gasteiger partial charge on any atom is 0.322 e. The summed E-state index contributed by atoms with van der Waals surface area (Å²) in [5, 5.41) is 26.9. The number of carboxylic acid groups (broad SMARTS) is 1. The molecule has 0 aliphatic rings. The third-order valence-corrected chi connectivity index (χ3v) is 5.41. The van der Waals surface area contributed by atoms with Crippen molar-refractivity contribution in [1.82, 2.24) is 16.0 Å². The molecule has 9 nitrogen and oxygen atoms in total. The summed E-state index contributed by atoms with van der Waals surface area (Å²) in [6.07, 6.45) is 1.68. The largest absolute Gasteiger partial charge is 0.505 e. The summed E-state index contributed by atoms with van der Waals surface area (Å²) >= 11 is 12.5. The molecule has 0 aliphatic carbocycles. The first-order chi connectivity index (χ1) is 16.2. The van der Waals surface area contributed by atoms with Gasteiger partial charge in [0.2, 0.25) is 5.91 Å². The van der Waals surface area contributed by atoms with Crippen LogP contribution in [0.15, 0.2) is 36.4 Å². The summed E-state index contributed by atoms with van der Waals surface area (Å²) < 4.78 is 5.58. The number of phenolic OH excluding ortho intramolecular Hbond substituents is 1. The molecule has 2 amide bonds. The van der Waals surface area contributed by atoms with Gasteiger partial charge in [0.05, 0.1) is 17.2 Å². The Morgan fingerprint density at radius 3 is 2.47 bits per heavy atom. The van der Waals surface area contributed by atoms with Crippen LogP contribution in [0.3, 0.4) is 0 Å². The standard InChI is InChI=1S/C23H27Cl2N3O6/c1-26-9-5-6-10-34-21-16(24)12-15(20(31)19(21)25)22(32)28-17(23(33)27-13-18(29)30)11-14-7-3-2-4-8-14/h2-4,7-8,12,17,26,31H,5-6,9-11,13H2,1H3,(H,27,33)(H,28,32)(H,29,30). The molecule has 0 saturated carbocycles. The van der Waals surface area contributed by atoms with Gasteiger partial charge >= 0.3 is 5.97 Å². The maximum absolute atomic E-state index is 12.9. The molecule has 2 aromatic rings. The van der Waals surface area contributed by atoms with Crippen LogP contribution in [0.4, 0.5) is 0 Å². The lowest BCUT2D eigenvalue weighted by molar-refractivity contribution is -0.138. The predicted molar refractivity (Wildman–Crippen MR) is 129 cm³/mol. The van der Waals surface area contributed by atoms with Crippen LogP contribution >= 0.6 is 23.2 Å². The lowest BCUT2D eigenvalue weighted by Gasteiger charge is -2.19. The van der Waals surface area contributed by atoms with Crippen LogP contribution in [0.1, 0.15) is 28.8 Å². The summed E-state index contributed by atoms with van der Waals surface area (Å²) in [5.74, 6) is -3.22. The Hall–Kier alpha value is -3.01. The SMILES string of the molecule is CNCCCCOc1c(Cl)cc(C(=O)NC(Cc2ccccc2)C(=O)NCC(=O)O)c(O)c1Cl. The highest BCUT2D eigenvalue weighted by Crippen LogP contribution is 2.42. The molecule has 0 aliphatic heterocycles. The number of benzene rings is 2. The van der Waals surface area contributed by atoms with Crippen molar-refractivity contribution in [3.05, 3.63) is 57.6 Å². The van der Waals surface area contributed by atoms with Gasteiger partial charge in [0.25, 0.3) is 5.91 Å². The van der Waals surface area contributed by atoms with Gasteiger partial charge in [-0.25, -0.2) is 0 Å². The van der Waals surface area contributed by atoms with E-state index in [0.717, 1.165) is 24.9 Å². The topological polar surface area (TPSA) is 137 Å². The van der Waals surface area contributed by atoms with Crippen LogP contribution in [-0.2, 0) is 16.0 Å². The van der Waals surface area contributed by atoms with Gasteiger partial charge < -0.3 is 30.9 Å². The van der Waals surface area contributed by atoms with E-state index in [1.807, 2.05) is 7.05 Å². The number of aliphatic carboxylic acids is 1. The molecule has 184 valence electrons. The molecule has 1 atom stereocenters. The number of unbranched alkanes of at least 4 members (excludes halogenated alkanes) is 1. The summed E-state index contributed by atoms with van der Waals surface area (Å²) in [4.78, 5) is 36.3. The number of hydrogen-bond donors (Lipinski definition) is 5. The van der Waals surface area contributed by atoms with Crippen molar-refractivity contribution in [2.24, 2.45) is 0 Å². The number of phenols is 1. The Morgan fingerprint density at radius 2 is 1.82 bits per heavy atom. The quantitative estimate of drug-likeness (QED) is 0.260. The number of nitrogens with one attached hydrogen (secondary N) is 3. The number of carbonyl (C=O) groups excluding carboxylic acids is 2. The molecular formula is C23H27Cl2N3O6. The lowest BCUT2D eigenvalue weighted by atomic mass is 10.0. The predicted octanol–water partition coefficient (Wildman–Crippen LogP) is 2.62. The summed E-state index contributed by atoms with van der Waals surface area (Å²) in [7, 11) is 1.84. The Labute approximate surface area is 207 Å². The Morgan fingerprint density at radius 1 is 1.12 bits per heavy atom. The number of amides is 2. The number of ether oxygens (including phenoxy) is 1. The first-order valence-corrected chi connectivity index (χ1v) is 11.3. The lowest BCUT2D eigenvalue weighted by Crippen LogP contribution is -2.49. The number of rotatable bonds is 13. The summed E-state index contributed by atoms with van der Waals surface area (Å²) in [6.45, 7) is 0.525. The van der Waals surface area contributed by atoms with E-state index in [9.17, 15) is 19.5 Å². The van der Waals surface area contributed by atoms with Crippen LogP contribution in [0, 0.1) is 0 Å². The zero-order valence-corrected chi connectivity index (χ0v) is 20.1. The van der Waals surface area contributed by atoms with E-state index in [-0.39, 0.29) is 27.8 Å². The van der Waals surface area contributed by atoms with Crippen LogP contribution in [-0.4, -0.2) is 60.8 Å². The van der Waals surface area contributed by atoms with Crippen molar-refractivity contribution >= 4 is 41.0 Å². The van der Waals surface area contributed by atoms with Crippen molar-refractivity contribution in [2.45, 2.75) is 25.3 Å². The normalized spacial score (nSPS) is 11.5. The molecule has 0 radical (unpaired) electrons. The average molecular weight is 512 g/mol. The van der Waals surface area contributed by atoms with Crippen LogP contribution in [0.2, 0.25) is 10.0 Å². The van der Waals surface area contributed by atoms with E-state index in [1.165, 1.54) is 6.07 Å². The molecule has 34 heavy (non-hydrogen) atoms. The summed E-state index contributed by atoms with van der Waals surface area (Å²) in [6, 6.07) is 8.95. The number of carboxylic acids is 1. The molecular weight excluding hydrogens is 485 g/mol. The third-order valence-electron chi connectivity index (χ3n) is 4.78.